The van der Waals surface area contributed by atoms with Crippen molar-refractivity contribution in [3.63, 3.8) is 0 Å². The molecule has 0 saturated heterocycles. The number of para-hydroxylation sites is 1. The summed E-state index contributed by atoms with van der Waals surface area (Å²) in [5.74, 6) is 7.05. The molecular formula is C19H17ClO. The fourth-order valence-electron chi connectivity index (χ4n) is 2.70. The number of aryl methyl sites for hydroxylation is 2. The van der Waals surface area contributed by atoms with Gasteiger partial charge in [0, 0.05) is 0 Å². The van der Waals surface area contributed by atoms with Crippen LogP contribution in [-0.2, 0) is 19.4 Å². The molecule has 0 aliphatic heterocycles. The maximum atomic E-state index is 5.93. The topological polar surface area (TPSA) is 9.23 Å². The Balaban J connectivity index is 1.73. The van der Waals surface area contributed by atoms with Gasteiger partial charge in [0.2, 0.25) is 0 Å². The number of hydrogen-bond acceptors (Lipinski definition) is 1. The standard InChI is InChI=1S/C19H17ClO/c20-12-4-8-17-5-1-2-9-19(17)21-14-15-10-11-16-6-3-7-18(16)13-15/h1-2,5,9-11,13H,3,6-7,12,14H2. The monoisotopic (exact) mass is 296 g/mol. The molecule has 0 N–H and O–H groups in total. The lowest BCUT2D eigenvalue weighted by Crippen LogP contribution is -1.98. The lowest BCUT2D eigenvalue weighted by atomic mass is 10.1. The maximum absolute atomic E-state index is 5.93. The van der Waals surface area contributed by atoms with Crippen LogP contribution >= 0.6 is 11.6 Å². The third kappa shape index (κ3) is 3.40. The smallest absolute Gasteiger partial charge is 0.135 e. The van der Waals surface area contributed by atoms with Gasteiger partial charge >= 0.3 is 0 Å². The molecule has 2 aromatic rings. The summed E-state index contributed by atoms with van der Waals surface area (Å²) in [4.78, 5) is 0. The normalized spacial score (nSPS) is 12.4. The molecule has 1 nitrogen and oxygen atoms in total. The SMILES string of the molecule is ClCC#Cc1ccccc1OCc1ccc2c(c1)CCC2. The lowest BCUT2D eigenvalue weighted by molar-refractivity contribution is 0.305. The van der Waals surface area contributed by atoms with Gasteiger partial charge in [0.05, 0.1) is 11.4 Å². The minimum atomic E-state index is 0.332. The second-order valence-corrected chi connectivity index (χ2v) is 5.44. The number of alkyl halides is 1. The summed E-state index contributed by atoms with van der Waals surface area (Å²) < 4.78 is 5.93. The summed E-state index contributed by atoms with van der Waals surface area (Å²) in [5, 5.41) is 0. The Morgan fingerprint density at radius 3 is 2.81 bits per heavy atom. The molecule has 1 aliphatic rings. The summed E-state index contributed by atoms with van der Waals surface area (Å²) in [5.41, 5.74) is 5.08. The van der Waals surface area contributed by atoms with E-state index in [1.165, 1.54) is 36.0 Å². The van der Waals surface area contributed by atoms with Gasteiger partial charge in [-0.1, -0.05) is 42.2 Å². The van der Waals surface area contributed by atoms with Crippen LogP contribution in [0.15, 0.2) is 42.5 Å². The average Bonchev–Trinajstić information content (AvgIpc) is 2.99. The predicted octanol–water partition coefficient (Wildman–Crippen LogP) is 4.34. The Labute approximate surface area is 130 Å². The predicted molar refractivity (Wildman–Crippen MR) is 86.8 cm³/mol. The van der Waals surface area contributed by atoms with Gasteiger partial charge < -0.3 is 4.74 Å². The largest absolute Gasteiger partial charge is 0.488 e. The molecule has 0 heterocycles. The number of benzene rings is 2. The summed E-state index contributed by atoms with van der Waals surface area (Å²) >= 11 is 5.62. The summed E-state index contributed by atoms with van der Waals surface area (Å²) in [7, 11) is 0. The van der Waals surface area contributed by atoms with E-state index in [0.29, 0.717) is 12.5 Å². The zero-order valence-electron chi connectivity index (χ0n) is 11.9. The first-order valence-corrected chi connectivity index (χ1v) is 7.77. The summed E-state index contributed by atoms with van der Waals surface area (Å²) in [6, 6.07) is 14.5. The molecule has 2 heteroatoms. The molecule has 106 valence electrons. The van der Waals surface area contributed by atoms with E-state index < -0.39 is 0 Å². The van der Waals surface area contributed by atoms with E-state index in [-0.39, 0.29) is 0 Å². The molecule has 21 heavy (non-hydrogen) atoms. The Morgan fingerprint density at radius 2 is 1.90 bits per heavy atom. The molecule has 0 atom stereocenters. The maximum Gasteiger partial charge on any atom is 0.135 e. The highest BCUT2D eigenvalue weighted by atomic mass is 35.5. The first kappa shape index (κ1) is 14.0. The van der Waals surface area contributed by atoms with Crippen LogP contribution in [0.1, 0.15) is 28.7 Å². The van der Waals surface area contributed by atoms with Gasteiger partial charge in [0.15, 0.2) is 0 Å². The van der Waals surface area contributed by atoms with Gasteiger partial charge in [-0.25, -0.2) is 0 Å². The van der Waals surface area contributed by atoms with Crippen molar-refractivity contribution in [2.75, 3.05) is 5.88 Å². The third-order valence-electron chi connectivity index (χ3n) is 3.73. The second kappa shape index (κ2) is 6.70. The van der Waals surface area contributed by atoms with Crippen molar-refractivity contribution in [1.82, 2.24) is 0 Å². The number of ether oxygens (including phenoxy) is 1. The van der Waals surface area contributed by atoms with Gasteiger partial charge in [-0.2, -0.15) is 0 Å². The molecule has 3 rings (SSSR count). The molecule has 0 unspecified atom stereocenters. The van der Waals surface area contributed by atoms with Crippen molar-refractivity contribution in [1.29, 1.82) is 0 Å². The first-order chi connectivity index (χ1) is 10.4. The minimum absolute atomic E-state index is 0.332. The molecule has 0 radical (unpaired) electrons. The zero-order valence-corrected chi connectivity index (χ0v) is 12.6. The molecule has 0 amide bonds. The van der Waals surface area contributed by atoms with Crippen LogP contribution in [0.2, 0.25) is 0 Å². The number of hydrogen-bond donors (Lipinski definition) is 0. The van der Waals surface area contributed by atoms with Crippen molar-refractivity contribution in [2.45, 2.75) is 25.9 Å². The van der Waals surface area contributed by atoms with Crippen molar-refractivity contribution in [3.05, 3.63) is 64.7 Å². The lowest BCUT2D eigenvalue weighted by Gasteiger charge is -2.09. The van der Waals surface area contributed by atoms with Crippen molar-refractivity contribution in [3.8, 4) is 17.6 Å². The van der Waals surface area contributed by atoms with Crippen molar-refractivity contribution >= 4 is 11.6 Å². The molecule has 0 aromatic heterocycles. The summed E-state index contributed by atoms with van der Waals surface area (Å²) in [6.07, 6.45) is 3.69. The van der Waals surface area contributed by atoms with Crippen LogP contribution in [0.3, 0.4) is 0 Å². The van der Waals surface area contributed by atoms with Crippen LogP contribution in [0.4, 0.5) is 0 Å². The highest BCUT2D eigenvalue weighted by Gasteiger charge is 2.11. The van der Waals surface area contributed by atoms with Gasteiger partial charge in [-0.05, 0) is 48.1 Å². The Kier molecular flexibility index (Phi) is 4.48. The Bertz CT molecular complexity index is 694. The van der Waals surface area contributed by atoms with Gasteiger partial charge in [0.1, 0.15) is 12.4 Å². The van der Waals surface area contributed by atoms with Gasteiger partial charge in [0.25, 0.3) is 0 Å². The number of fused-ring (bicyclic) bond motifs is 1. The zero-order chi connectivity index (χ0) is 14.5. The van der Waals surface area contributed by atoms with Crippen molar-refractivity contribution in [2.24, 2.45) is 0 Å². The van der Waals surface area contributed by atoms with Crippen LogP contribution in [0.5, 0.6) is 5.75 Å². The van der Waals surface area contributed by atoms with E-state index in [4.69, 9.17) is 16.3 Å². The van der Waals surface area contributed by atoms with E-state index in [0.717, 1.165) is 11.3 Å². The molecule has 0 bridgehead atoms. The van der Waals surface area contributed by atoms with E-state index in [1.807, 2.05) is 24.3 Å². The second-order valence-electron chi connectivity index (χ2n) is 5.18. The fourth-order valence-corrected chi connectivity index (χ4v) is 2.77. The highest BCUT2D eigenvalue weighted by molar-refractivity contribution is 6.19. The number of rotatable bonds is 3. The van der Waals surface area contributed by atoms with Gasteiger partial charge in [-0.3, -0.25) is 0 Å². The minimum Gasteiger partial charge on any atom is -0.488 e. The molecular weight excluding hydrogens is 280 g/mol. The van der Waals surface area contributed by atoms with E-state index in [9.17, 15) is 0 Å². The van der Waals surface area contributed by atoms with Crippen LogP contribution < -0.4 is 4.74 Å². The summed E-state index contributed by atoms with van der Waals surface area (Å²) in [6.45, 7) is 0.576. The molecule has 2 aromatic carbocycles. The van der Waals surface area contributed by atoms with Gasteiger partial charge in [-0.15, -0.1) is 11.6 Å². The Hall–Kier alpha value is -1.91. The fraction of sp³-hybridized carbons (Fsp3) is 0.263. The first-order valence-electron chi connectivity index (χ1n) is 7.24. The molecule has 0 saturated carbocycles. The molecule has 1 aliphatic carbocycles. The Morgan fingerprint density at radius 1 is 1.05 bits per heavy atom. The third-order valence-corrected chi connectivity index (χ3v) is 3.87. The quantitative estimate of drug-likeness (QED) is 0.604. The number of halogens is 1. The van der Waals surface area contributed by atoms with E-state index in [2.05, 4.69) is 30.0 Å². The average molecular weight is 297 g/mol. The molecule has 0 fully saturated rings. The van der Waals surface area contributed by atoms with Crippen LogP contribution in [0, 0.1) is 11.8 Å². The molecule has 0 spiro atoms. The van der Waals surface area contributed by atoms with Crippen molar-refractivity contribution < 1.29 is 4.74 Å². The van der Waals surface area contributed by atoms with E-state index >= 15 is 0 Å². The van der Waals surface area contributed by atoms with Crippen LogP contribution in [-0.4, -0.2) is 5.88 Å². The van der Waals surface area contributed by atoms with Crippen LogP contribution in [0.25, 0.3) is 0 Å². The van der Waals surface area contributed by atoms with E-state index in [1.54, 1.807) is 0 Å². The highest BCUT2D eigenvalue weighted by Crippen LogP contribution is 2.24.